The van der Waals surface area contributed by atoms with Gasteiger partial charge >= 0.3 is 0 Å². The lowest BCUT2D eigenvalue weighted by Gasteiger charge is -2.25. The van der Waals surface area contributed by atoms with E-state index in [0.717, 1.165) is 35.9 Å². The van der Waals surface area contributed by atoms with E-state index in [9.17, 15) is 4.79 Å². The molecule has 0 N–H and O–H groups in total. The van der Waals surface area contributed by atoms with Crippen molar-refractivity contribution in [1.29, 1.82) is 0 Å². The highest BCUT2D eigenvalue weighted by Gasteiger charge is 2.20. The van der Waals surface area contributed by atoms with Gasteiger partial charge in [-0.15, -0.1) is 0 Å². The van der Waals surface area contributed by atoms with E-state index in [-0.39, 0.29) is 5.91 Å². The standard InChI is InChI=1S/C14H18N4OS/c1-16(2)11-3-4-13-15-12(10-18(13)9-11)14(19)17-5-7-20-8-6-17/h3-4,9-10H,5-8H2,1-2H3. The Morgan fingerprint density at radius 1 is 1.25 bits per heavy atom. The first kappa shape index (κ1) is 13.3. The number of amides is 1. The van der Waals surface area contributed by atoms with E-state index in [1.165, 1.54) is 0 Å². The summed E-state index contributed by atoms with van der Waals surface area (Å²) >= 11 is 1.90. The average Bonchev–Trinajstić information content (AvgIpc) is 2.90. The fraction of sp³-hybridized carbons (Fsp3) is 0.429. The molecule has 1 aliphatic heterocycles. The average molecular weight is 290 g/mol. The topological polar surface area (TPSA) is 40.9 Å². The van der Waals surface area contributed by atoms with Crippen LogP contribution in [0.5, 0.6) is 0 Å². The third kappa shape index (κ3) is 2.47. The molecular weight excluding hydrogens is 272 g/mol. The van der Waals surface area contributed by atoms with E-state index >= 15 is 0 Å². The normalized spacial score (nSPS) is 15.6. The molecular formula is C14H18N4OS. The Morgan fingerprint density at radius 2 is 2.00 bits per heavy atom. The Morgan fingerprint density at radius 3 is 2.70 bits per heavy atom. The molecule has 20 heavy (non-hydrogen) atoms. The molecule has 1 amide bonds. The fourth-order valence-electron chi connectivity index (χ4n) is 2.28. The third-order valence-electron chi connectivity index (χ3n) is 3.47. The van der Waals surface area contributed by atoms with E-state index in [2.05, 4.69) is 4.98 Å². The van der Waals surface area contributed by atoms with Crippen molar-refractivity contribution in [2.75, 3.05) is 43.6 Å². The van der Waals surface area contributed by atoms with E-state index < -0.39 is 0 Å². The third-order valence-corrected chi connectivity index (χ3v) is 4.41. The number of thioether (sulfide) groups is 1. The number of rotatable bonds is 2. The smallest absolute Gasteiger partial charge is 0.274 e. The predicted molar refractivity (Wildman–Crippen MR) is 82.7 cm³/mol. The molecule has 0 bridgehead atoms. The molecule has 1 fully saturated rings. The van der Waals surface area contributed by atoms with Crippen molar-refractivity contribution in [3.8, 4) is 0 Å². The summed E-state index contributed by atoms with van der Waals surface area (Å²) in [4.78, 5) is 20.8. The molecule has 0 atom stereocenters. The Kier molecular flexibility index (Phi) is 3.56. The number of pyridine rings is 1. The first-order chi connectivity index (χ1) is 9.65. The Labute approximate surface area is 122 Å². The van der Waals surface area contributed by atoms with Crippen LogP contribution in [0.3, 0.4) is 0 Å². The van der Waals surface area contributed by atoms with Gasteiger partial charge in [-0.05, 0) is 12.1 Å². The molecule has 5 nitrogen and oxygen atoms in total. The second-order valence-electron chi connectivity index (χ2n) is 5.08. The zero-order chi connectivity index (χ0) is 14.1. The summed E-state index contributed by atoms with van der Waals surface area (Å²) < 4.78 is 1.92. The highest BCUT2D eigenvalue weighted by molar-refractivity contribution is 7.99. The lowest BCUT2D eigenvalue weighted by Crippen LogP contribution is -2.38. The summed E-state index contributed by atoms with van der Waals surface area (Å²) in [7, 11) is 3.99. The maximum absolute atomic E-state index is 12.4. The minimum Gasteiger partial charge on any atom is -0.376 e. The monoisotopic (exact) mass is 290 g/mol. The Hall–Kier alpha value is -1.69. The number of aromatic nitrogens is 2. The van der Waals surface area contributed by atoms with Crippen molar-refractivity contribution in [2.24, 2.45) is 0 Å². The molecule has 3 rings (SSSR count). The number of hydrogen-bond acceptors (Lipinski definition) is 4. The molecule has 6 heteroatoms. The molecule has 3 heterocycles. The molecule has 0 aromatic carbocycles. The van der Waals surface area contributed by atoms with Crippen LogP contribution in [0.1, 0.15) is 10.5 Å². The maximum atomic E-state index is 12.4. The zero-order valence-electron chi connectivity index (χ0n) is 11.7. The molecule has 0 radical (unpaired) electrons. The van der Waals surface area contributed by atoms with Gasteiger partial charge in [0.2, 0.25) is 0 Å². The first-order valence-corrected chi connectivity index (χ1v) is 7.84. The number of fused-ring (bicyclic) bond motifs is 1. The molecule has 0 saturated carbocycles. The Bertz CT molecular complexity index is 631. The lowest BCUT2D eigenvalue weighted by molar-refractivity contribution is 0.0767. The fourth-order valence-corrected chi connectivity index (χ4v) is 3.18. The van der Waals surface area contributed by atoms with Crippen LogP contribution < -0.4 is 4.90 Å². The van der Waals surface area contributed by atoms with Crippen LogP contribution >= 0.6 is 11.8 Å². The molecule has 1 aliphatic rings. The van der Waals surface area contributed by atoms with E-state index in [0.29, 0.717) is 5.69 Å². The minimum absolute atomic E-state index is 0.0420. The second-order valence-corrected chi connectivity index (χ2v) is 6.30. The molecule has 0 spiro atoms. The van der Waals surface area contributed by atoms with Gasteiger partial charge in [-0.1, -0.05) is 0 Å². The van der Waals surface area contributed by atoms with Gasteiger partial charge in [-0.2, -0.15) is 11.8 Å². The van der Waals surface area contributed by atoms with Gasteiger partial charge in [0, 0.05) is 51.1 Å². The van der Waals surface area contributed by atoms with Crippen LogP contribution in [0.4, 0.5) is 5.69 Å². The largest absolute Gasteiger partial charge is 0.376 e. The summed E-state index contributed by atoms with van der Waals surface area (Å²) in [6.45, 7) is 1.64. The second kappa shape index (κ2) is 5.36. The van der Waals surface area contributed by atoms with Crippen molar-refractivity contribution in [3.63, 3.8) is 0 Å². The summed E-state index contributed by atoms with van der Waals surface area (Å²) in [6.07, 6.45) is 3.82. The highest BCUT2D eigenvalue weighted by atomic mass is 32.2. The number of carbonyl (C=O) groups excluding carboxylic acids is 1. The van der Waals surface area contributed by atoms with Crippen LogP contribution in [0.2, 0.25) is 0 Å². The van der Waals surface area contributed by atoms with Crippen LogP contribution in [-0.4, -0.2) is 58.9 Å². The van der Waals surface area contributed by atoms with Gasteiger partial charge < -0.3 is 14.2 Å². The van der Waals surface area contributed by atoms with E-state index in [1.807, 2.05) is 64.6 Å². The van der Waals surface area contributed by atoms with Gasteiger partial charge in [-0.3, -0.25) is 4.79 Å². The van der Waals surface area contributed by atoms with Crippen molar-refractivity contribution < 1.29 is 4.79 Å². The zero-order valence-corrected chi connectivity index (χ0v) is 12.6. The Balaban J connectivity index is 1.90. The van der Waals surface area contributed by atoms with Gasteiger partial charge in [-0.25, -0.2) is 4.98 Å². The summed E-state index contributed by atoms with van der Waals surface area (Å²) in [5.41, 5.74) is 2.43. The van der Waals surface area contributed by atoms with Crippen LogP contribution in [0.25, 0.3) is 5.65 Å². The molecule has 2 aromatic rings. The predicted octanol–water partition coefficient (Wildman–Crippen LogP) is 1.59. The molecule has 0 unspecified atom stereocenters. The van der Waals surface area contributed by atoms with Crippen LogP contribution in [0.15, 0.2) is 24.5 Å². The van der Waals surface area contributed by atoms with Gasteiger partial charge in [0.15, 0.2) is 0 Å². The number of imidazole rings is 1. The van der Waals surface area contributed by atoms with Crippen molar-refractivity contribution in [1.82, 2.24) is 14.3 Å². The molecule has 2 aromatic heterocycles. The van der Waals surface area contributed by atoms with E-state index in [4.69, 9.17) is 0 Å². The first-order valence-electron chi connectivity index (χ1n) is 6.68. The summed E-state index contributed by atoms with van der Waals surface area (Å²) in [5.74, 6) is 2.08. The number of carbonyl (C=O) groups is 1. The lowest BCUT2D eigenvalue weighted by atomic mass is 10.3. The van der Waals surface area contributed by atoms with Gasteiger partial charge in [0.05, 0.1) is 5.69 Å². The summed E-state index contributed by atoms with van der Waals surface area (Å²) in [6, 6.07) is 3.95. The number of nitrogens with zero attached hydrogens (tertiary/aromatic N) is 4. The van der Waals surface area contributed by atoms with E-state index in [1.54, 1.807) is 0 Å². The van der Waals surface area contributed by atoms with Crippen LogP contribution in [-0.2, 0) is 0 Å². The number of anilines is 1. The van der Waals surface area contributed by atoms with Crippen LogP contribution in [0, 0.1) is 0 Å². The number of hydrogen-bond donors (Lipinski definition) is 0. The summed E-state index contributed by atoms with van der Waals surface area (Å²) in [5, 5.41) is 0. The van der Waals surface area contributed by atoms with Crippen molar-refractivity contribution in [3.05, 3.63) is 30.2 Å². The molecule has 1 saturated heterocycles. The van der Waals surface area contributed by atoms with Crippen molar-refractivity contribution in [2.45, 2.75) is 0 Å². The van der Waals surface area contributed by atoms with Gasteiger partial charge in [0.25, 0.3) is 5.91 Å². The maximum Gasteiger partial charge on any atom is 0.274 e. The minimum atomic E-state index is 0.0420. The quantitative estimate of drug-likeness (QED) is 0.842. The SMILES string of the molecule is CN(C)c1ccc2nc(C(=O)N3CCSCC3)cn2c1. The molecule has 0 aliphatic carbocycles. The van der Waals surface area contributed by atoms with Crippen molar-refractivity contribution >= 4 is 29.0 Å². The highest BCUT2D eigenvalue weighted by Crippen LogP contribution is 2.16. The molecule has 106 valence electrons. The van der Waals surface area contributed by atoms with Gasteiger partial charge in [0.1, 0.15) is 11.3 Å².